The SMILES string of the molecule is CCCCCCCCOc1ccc(OCC(=O)NN=Cc2cc(Br)ccc2OCC)cc1. The van der Waals surface area contributed by atoms with E-state index in [1.807, 2.05) is 37.3 Å². The quantitative estimate of drug-likeness (QED) is 0.180. The van der Waals surface area contributed by atoms with E-state index in [0.717, 1.165) is 28.8 Å². The molecule has 0 fully saturated rings. The van der Waals surface area contributed by atoms with E-state index in [2.05, 4.69) is 33.4 Å². The van der Waals surface area contributed by atoms with Crippen molar-refractivity contribution in [1.29, 1.82) is 0 Å². The van der Waals surface area contributed by atoms with Gasteiger partial charge in [0.25, 0.3) is 5.91 Å². The Morgan fingerprint density at radius 2 is 1.62 bits per heavy atom. The van der Waals surface area contributed by atoms with E-state index in [4.69, 9.17) is 14.2 Å². The van der Waals surface area contributed by atoms with Gasteiger partial charge in [-0.05, 0) is 55.8 Å². The van der Waals surface area contributed by atoms with Gasteiger partial charge in [0.05, 0.1) is 19.4 Å². The molecule has 0 aliphatic carbocycles. The van der Waals surface area contributed by atoms with Gasteiger partial charge in [0, 0.05) is 10.0 Å². The molecular formula is C25H33BrN2O4. The minimum atomic E-state index is -0.349. The number of rotatable bonds is 15. The van der Waals surface area contributed by atoms with Crippen LogP contribution in [0.3, 0.4) is 0 Å². The van der Waals surface area contributed by atoms with Crippen molar-refractivity contribution in [2.24, 2.45) is 5.10 Å². The summed E-state index contributed by atoms with van der Waals surface area (Å²) in [5.74, 6) is 1.75. The van der Waals surface area contributed by atoms with Gasteiger partial charge in [-0.3, -0.25) is 4.79 Å². The maximum Gasteiger partial charge on any atom is 0.277 e. The van der Waals surface area contributed by atoms with Gasteiger partial charge in [0.2, 0.25) is 0 Å². The fourth-order valence-electron chi connectivity index (χ4n) is 2.97. The molecule has 0 bridgehead atoms. The fraction of sp³-hybridized carbons (Fsp3) is 0.440. The van der Waals surface area contributed by atoms with Crippen molar-refractivity contribution in [2.45, 2.75) is 52.4 Å². The first kappa shape index (κ1) is 25.7. The summed E-state index contributed by atoms with van der Waals surface area (Å²) in [7, 11) is 0. The van der Waals surface area contributed by atoms with Gasteiger partial charge in [0.1, 0.15) is 17.2 Å². The van der Waals surface area contributed by atoms with E-state index in [-0.39, 0.29) is 12.5 Å². The van der Waals surface area contributed by atoms with Crippen LogP contribution in [-0.2, 0) is 4.79 Å². The molecule has 0 radical (unpaired) electrons. The zero-order valence-corrected chi connectivity index (χ0v) is 20.5. The highest BCUT2D eigenvalue weighted by Crippen LogP contribution is 2.22. The van der Waals surface area contributed by atoms with Crippen LogP contribution in [0.15, 0.2) is 52.0 Å². The van der Waals surface area contributed by atoms with Gasteiger partial charge in [0.15, 0.2) is 6.61 Å². The van der Waals surface area contributed by atoms with Crippen LogP contribution in [0.4, 0.5) is 0 Å². The summed E-state index contributed by atoms with van der Waals surface area (Å²) >= 11 is 3.42. The minimum Gasteiger partial charge on any atom is -0.494 e. The van der Waals surface area contributed by atoms with Gasteiger partial charge < -0.3 is 14.2 Å². The molecular weight excluding hydrogens is 472 g/mol. The fourth-order valence-corrected chi connectivity index (χ4v) is 3.35. The van der Waals surface area contributed by atoms with E-state index in [1.54, 1.807) is 18.3 Å². The van der Waals surface area contributed by atoms with Crippen molar-refractivity contribution < 1.29 is 19.0 Å². The molecule has 0 atom stereocenters. The molecule has 174 valence electrons. The molecule has 0 unspecified atom stereocenters. The molecule has 0 saturated carbocycles. The summed E-state index contributed by atoms with van der Waals surface area (Å²) in [6.07, 6.45) is 8.96. The minimum absolute atomic E-state index is 0.133. The molecule has 0 aliphatic heterocycles. The third-order valence-corrected chi connectivity index (χ3v) is 5.12. The first-order valence-corrected chi connectivity index (χ1v) is 12.0. The Bertz CT molecular complexity index is 840. The molecule has 0 aliphatic rings. The number of unbranched alkanes of at least 4 members (excludes halogenated alkanes) is 5. The number of carbonyl (C=O) groups excluding carboxylic acids is 1. The average Bonchev–Trinajstić information content (AvgIpc) is 2.79. The lowest BCUT2D eigenvalue weighted by Crippen LogP contribution is -2.24. The Balaban J connectivity index is 1.69. The highest BCUT2D eigenvalue weighted by Gasteiger charge is 2.04. The van der Waals surface area contributed by atoms with E-state index in [0.29, 0.717) is 18.1 Å². The smallest absolute Gasteiger partial charge is 0.277 e. The summed E-state index contributed by atoms with van der Waals surface area (Å²) in [5, 5.41) is 3.99. The summed E-state index contributed by atoms with van der Waals surface area (Å²) in [4.78, 5) is 12.0. The lowest BCUT2D eigenvalue weighted by Gasteiger charge is -2.09. The third-order valence-electron chi connectivity index (χ3n) is 4.62. The normalized spacial score (nSPS) is 10.8. The first-order valence-electron chi connectivity index (χ1n) is 11.2. The number of ether oxygens (including phenoxy) is 3. The second-order valence-corrected chi connectivity index (χ2v) is 8.20. The molecule has 32 heavy (non-hydrogen) atoms. The lowest BCUT2D eigenvalue weighted by molar-refractivity contribution is -0.123. The zero-order chi connectivity index (χ0) is 23.0. The second kappa shape index (κ2) is 15.3. The number of halogens is 1. The predicted octanol–water partition coefficient (Wildman–Crippen LogP) is 6.12. The third kappa shape index (κ3) is 10.2. The van der Waals surface area contributed by atoms with Crippen molar-refractivity contribution in [3.05, 3.63) is 52.5 Å². The number of amides is 1. The molecule has 0 saturated heterocycles. The Kier molecular flexibility index (Phi) is 12.3. The number of hydrogen-bond acceptors (Lipinski definition) is 5. The molecule has 1 N–H and O–H groups in total. The van der Waals surface area contributed by atoms with Crippen LogP contribution in [0, 0.1) is 0 Å². The molecule has 0 heterocycles. The van der Waals surface area contributed by atoms with E-state index in [9.17, 15) is 4.79 Å². The molecule has 6 nitrogen and oxygen atoms in total. The predicted molar refractivity (Wildman–Crippen MR) is 132 cm³/mol. The number of nitrogens with one attached hydrogen (secondary N) is 1. The zero-order valence-electron chi connectivity index (χ0n) is 18.9. The van der Waals surface area contributed by atoms with Crippen LogP contribution in [-0.4, -0.2) is 31.9 Å². The maximum absolute atomic E-state index is 12.0. The highest BCUT2D eigenvalue weighted by molar-refractivity contribution is 9.10. The van der Waals surface area contributed by atoms with E-state index in [1.165, 1.54) is 32.1 Å². The molecule has 2 rings (SSSR count). The van der Waals surface area contributed by atoms with Crippen molar-refractivity contribution in [3.63, 3.8) is 0 Å². The Morgan fingerprint density at radius 1 is 0.938 bits per heavy atom. The number of benzene rings is 2. The first-order chi connectivity index (χ1) is 15.6. The molecule has 1 amide bonds. The Morgan fingerprint density at radius 3 is 2.34 bits per heavy atom. The number of nitrogens with zero attached hydrogens (tertiary/aromatic N) is 1. The van der Waals surface area contributed by atoms with E-state index < -0.39 is 0 Å². The molecule has 7 heteroatoms. The average molecular weight is 505 g/mol. The maximum atomic E-state index is 12.0. The van der Waals surface area contributed by atoms with E-state index >= 15 is 0 Å². The van der Waals surface area contributed by atoms with Gasteiger partial charge in [-0.15, -0.1) is 0 Å². The topological polar surface area (TPSA) is 69.2 Å². The second-order valence-electron chi connectivity index (χ2n) is 7.28. The molecule has 0 aromatic heterocycles. The van der Waals surface area contributed by atoms with Crippen LogP contribution >= 0.6 is 15.9 Å². The van der Waals surface area contributed by atoms with Gasteiger partial charge in [-0.25, -0.2) is 5.43 Å². The van der Waals surface area contributed by atoms with Crippen molar-refractivity contribution in [2.75, 3.05) is 19.8 Å². The van der Waals surface area contributed by atoms with Crippen LogP contribution in [0.5, 0.6) is 17.2 Å². The number of hydrogen-bond donors (Lipinski definition) is 1. The molecule has 2 aromatic carbocycles. The van der Waals surface area contributed by atoms with Crippen molar-refractivity contribution in [3.8, 4) is 17.2 Å². The van der Waals surface area contributed by atoms with Crippen LogP contribution in [0.25, 0.3) is 0 Å². The monoisotopic (exact) mass is 504 g/mol. The number of hydrazone groups is 1. The summed E-state index contributed by atoms with van der Waals surface area (Å²) in [5.41, 5.74) is 3.23. The Hall–Kier alpha value is -2.54. The van der Waals surface area contributed by atoms with Gasteiger partial charge >= 0.3 is 0 Å². The standard InChI is InChI=1S/C25H33BrN2O4/c1-3-5-6-7-8-9-16-31-22-11-13-23(14-12-22)32-19-25(29)28-27-18-20-17-21(26)10-15-24(20)30-4-2/h10-15,17-18H,3-9,16,19H2,1-2H3,(H,28,29). The number of carbonyl (C=O) groups is 1. The van der Waals surface area contributed by atoms with Gasteiger partial charge in [-0.1, -0.05) is 55.0 Å². The van der Waals surface area contributed by atoms with Crippen molar-refractivity contribution >= 4 is 28.1 Å². The van der Waals surface area contributed by atoms with Gasteiger partial charge in [-0.2, -0.15) is 5.10 Å². The van der Waals surface area contributed by atoms with Crippen LogP contribution < -0.4 is 19.6 Å². The molecule has 0 spiro atoms. The Labute approximate surface area is 199 Å². The largest absolute Gasteiger partial charge is 0.494 e. The summed E-state index contributed by atoms with van der Waals surface area (Å²) < 4.78 is 17.7. The summed E-state index contributed by atoms with van der Waals surface area (Å²) in [6, 6.07) is 12.9. The summed E-state index contributed by atoms with van der Waals surface area (Å²) in [6.45, 7) is 5.27. The van der Waals surface area contributed by atoms with Crippen LogP contribution in [0.1, 0.15) is 57.9 Å². The molecule has 2 aromatic rings. The highest BCUT2D eigenvalue weighted by atomic mass is 79.9. The van der Waals surface area contributed by atoms with Crippen LogP contribution in [0.2, 0.25) is 0 Å². The lowest BCUT2D eigenvalue weighted by atomic mass is 10.1. The van der Waals surface area contributed by atoms with Crippen molar-refractivity contribution in [1.82, 2.24) is 5.43 Å².